The lowest BCUT2D eigenvalue weighted by atomic mass is 10.0. The molecule has 29 heavy (non-hydrogen) atoms. The highest BCUT2D eigenvalue weighted by Gasteiger charge is 2.22. The number of carbonyl (C=O) groups excluding carboxylic acids is 1. The molecule has 0 spiro atoms. The molecule has 0 saturated heterocycles. The Morgan fingerprint density at radius 2 is 1.72 bits per heavy atom. The van der Waals surface area contributed by atoms with Gasteiger partial charge in [-0.3, -0.25) is 9.10 Å². The molecular formula is C22H24N2O3S2. The number of nitrogens with zero attached hydrogens (tertiary/aromatic N) is 1. The fraction of sp³-hybridized carbons (Fsp3) is 0.227. The van der Waals surface area contributed by atoms with E-state index in [0.29, 0.717) is 11.3 Å². The first-order valence-electron chi connectivity index (χ1n) is 9.20. The van der Waals surface area contributed by atoms with E-state index in [-0.39, 0.29) is 16.2 Å². The van der Waals surface area contributed by atoms with Crippen LogP contribution in [0.5, 0.6) is 0 Å². The maximum absolute atomic E-state index is 12.6. The minimum Gasteiger partial charge on any atom is -0.346 e. The number of benzene rings is 2. The van der Waals surface area contributed by atoms with Crippen LogP contribution in [0, 0.1) is 13.8 Å². The van der Waals surface area contributed by atoms with E-state index in [0.717, 1.165) is 5.56 Å². The van der Waals surface area contributed by atoms with Crippen LogP contribution in [-0.4, -0.2) is 21.4 Å². The van der Waals surface area contributed by atoms with Crippen LogP contribution in [0.25, 0.3) is 0 Å². The first-order chi connectivity index (χ1) is 13.7. The van der Waals surface area contributed by atoms with Crippen molar-refractivity contribution in [1.29, 1.82) is 0 Å². The van der Waals surface area contributed by atoms with Crippen LogP contribution < -0.4 is 9.62 Å². The third kappa shape index (κ3) is 4.52. The molecule has 3 rings (SSSR count). The second kappa shape index (κ2) is 8.39. The molecule has 1 atom stereocenters. The molecule has 0 aliphatic heterocycles. The highest BCUT2D eigenvalue weighted by molar-refractivity contribution is 7.94. The van der Waals surface area contributed by atoms with Crippen LogP contribution in [0.4, 0.5) is 5.69 Å². The zero-order valence-corrected chi connectivity index (χ0v) is 18.5. The molecule has 1 aromatic heterocycles. The summed E-state index contributed by atoms with van der Waals surface area (Å²) in [6, 6.07) is 15.8. The van der Waals surface area contributed by atoms with Gasteiger partial charge in [0.25, 0.3) is 15.9 Å². The molecule has 3 aromatic rings. The average molecular weight is 429 g/mol. The minimum absolute atomic E-state index is 0.136. The summed E-state index contributed by atoms with van der Waals surface area (Å²) in [4.78, 5) is 12.6. The van der Waals surface area contributed by atoms with Gasteiger partial charge in [-0.05, 0) is 73.2 Å². The number of thiophene rings is 1. The Kier molecular flexibility index (Phi) is 6.10. The standard InChI is InChI=1S/C22H24N2O3S2/c1-15-7-8-19(14-16(15)2)17(3)23-22(25)18-9-11-20(12-10-18)24(4)29(26,27)21-6-5-13-28-21/h5-14,17H,1-4H3,(H,23,25)/t17-/m1/s1. The van der Waals surface area contributed by atoms with Crippen LogP contribution >= 0.6 is 11.3 Å². The van der Waals surface area contributed by atoms with Crippen LogP contribution in [0.1, 0.15) is 40.0 Å². The van der Waals surface area contributed by atoms with Gasteiger partial charge in [0.15, 0.2) is 0 Å². The van der Waals surface area contributed by atoms with Gasteiger partial charge >= 0.3 is 0 Å². The Labute approximate surface area is 176 Å². The van der Waals surface area contributed by atoms with Gasteiger partial charge in [0.1, 0.15) is 4.21 Å². The molecule has 1 heterocycles. The van der Waals surface area contributed by atoms with Gasteiger partial charge in [-0.1, -0.05) is 24.3 Å². The average Bonchev–Trinajstić information content (AvgIpc) is 3.25. The summed E-state index contributed by atoms with van der Waals surface area (Å²) < 4.78 is 26.7. The molecule has 0 aliphatic rings. The van der Waals surface area contributed by atoms with Crippen molar-refractivity contribution in [3.63, 3.8) is 0 Å². The number of nitrogens with one attached hydrogen (secondary N) is 1. The Balaban J connectivity index is 1.72. The highest BCUT2D eigenvalue weighted by Crippen LogP contribution is 2.25. The maximum Gasteiger partial charge on any atom is 0.273 e. The Bertz CT molecular complexity index is 1110. The van der Waals surface area contributed by atoms with Crippen molar-refractivity contribution in [2.24, 2.45) is 0 Å². The van der Waals surface area contributed by atoms with E-state index in [4.69, 9.17) is 0 Å². The number of sulfonamides is 1. The van der Waals surface area contributed by atoms with Crippen molar-refractivity contribution in [1.82, 2.24) is 5.32 Å². The van der Waals surface area contributed by atoms with E-state index in [9.17, 15) is 13.2 Å². The van der Waals surface area contributed by atoms with Gasteiger partial charge in [0.05, 0.1) is 11.7 Å². The molecule has 0 saturated carbocycles. The first kappa shape index (κ1) is 21.1. The molecule has 0 radical (unpaired) electrons. The topological polar surface area (TPSA) is 66.5 Å². The molecule has 152 valence electrons. The number of hydrogen-bond donors (Lipinski definition) is 1. The summed E-state index contributed by atoms with van der Waals surface area (Å²) in [6.45, 7) is 6.05. The van der Waals surface area contributed by atoms with Crippen molar-refractivity contribution in [3.8, 4) is 0 Å². The fourth-order valence-electron chi connectivity index (χ4n) is 2.90. The van der Waals surface area contributed by atoms with E-state index >= 15 is 0 Å². The molecule has 0 fully saturated rings. The minimum atomic E-state index is -3.59. The molecule has 0 aliphatic carbocycles. The molecule has 1 N–H and O–H groups in total. The smallest absolute Gasteiger partial charge is 0.273 e. The SMILES string of the molecule is Cc1ccc([C@@H](C)NC(=O)c2ccc(N(C)S(=O)(=O)c3cccs3)cc2)cc1C. The van der Waals surface area contributed by atoms with Crippen molar-refractivity contribution in [2.75, 3.05) is 11.4 Å². The monoisotopic (exact) mass is 428 g/mol. The van der Waals surface area contributed by atoms with E-state index in [2.05, 4.69) is 18.3 Å². The number of rotatable bonds is 6. The Morgan fingerprint density at radius 1 is 1.03 bits per heavy atom. The Hall–Kier alpha value is -2.64. The van der Waals surface area contributed by atoms with Crippen LogP contribution in [0.15, 0.2) is 64.2 Å². The molecule has 2 aromatic carbocycles. The van der Waals surface area contributed by atoms with E-state index in [1.165, 1.54) is 33.8 Å². The second-order valence-electron chi connectivity index (χ2n) is 6.99. The quantitative estimate of drug-likeness (QED) is 0.620. The van der Waals surface area contributed by atoms with Gasteiger partial charge in [0.2, 0.25) is 0 Å². The zero-order chi connectivity index (χ0) is 21.2. The van der Waals surface area contributed by atoms with Crippen molar-refractivity contribution in [2.45, 2.75) is 31.0 Å². The number of anilines is 1. The summed E-state index contributed by atoms with van der Waals surface area (Å²) in [6.07, 6.45) is 0. The number of carbonyl (C=O) groups is 1. The van der Waals surface area contributed by atoms with E-state index in [1.54, 1.807) is 41.8 Å². The van der Waals surface area contributed by atoms with Crippen LogP contribution in [0.3, 0.4) is 0 Å². The van der Waals surface area contributed by atoms with Crippen LogP contribution in [-0.2, 0) is 10.0 Å². The number of hydrogen-bond acceptors (Lipinski definition) is 4. The predicted molar refractivity (Wildman–Crippen MR) is 118 cm³/mol. The molecule has 0 bridgehead atoms. The maximum atomic E-state index is 12.6. The predicted octanol–water partition coefficient (Wildman–Crippen LogP) is 4.68. The largest absolute Gasteiger partial charge is 0.346 e. The van der Waals surface area contributed by atoms with Gasteiger partial charge in [-0.2, -0.15) is 0 Å². The zero-order valence-electron chi connectivity index (χ0n) is 16.8. The molecule has 1 amide bonds. The van der Waals surface area contributed by atoms with Gasteiger partial charge in [-0.15, -0.1) is 11.3 Å². The lowest BCUT2D eigenvalue weighted by molar-refractivity contribution is 0.0940. The van der Waals surface area contributed by atoms with Gasteiger partial charge in [0, 0.05) is 12.6 Å². The number of aryl methyl sites for hydroxylation is 2. The third-order valence-electron chi connectivity index (χ3n) is 4.98. The van der Waals surface area contributed by atoms with Crippen molar-refractivity contribution in [3.05, 3.63) is 82.2 Å². The highest BCUT2D eigenvalue weighted by atomic mass is 32.2. The lowest BCUT2D eigenvalue weighted by Gasteiger charge is -2.19. The Morgan fingerprint density at radius 3 is 2.31 bits per heavy atom. The number of amides is 1. The lowest BCUT2D eigenvalue weighted by Crippen LogP contribution is -2.27. The first-order valence-corrected chi connectivity index (χ1v) is 11.5. The third-order valence-corrected chi connectivity index (χ3v) is 8.14. The van der Waals surface area contributed by atoms with Crippen molar-refractivity contribution >= 4 is 33.0 Å². The summed E-state index contributed by atoms with van der Waals surface area (Å²) in [7, 11) is -2.09. The normalized spacial score (nSPS) is 12.4. The van der Waals surface area contributed by atoms with Crippen LogP contribution in [0.2, 0.25) is 0 Å². The summed E-state index contributed by atoms with van der Waals surface area (Å²) in [5, 5.41) is 4.72. The molecule has 0 unspecified atom stereocenters. The summed E-state index contributed by atoms with van der Waals surface area (Å²) >= 11 is 1.17. The fourth-order valence-corrected chi connectivity index (χ4v) is 5.26. The molecule has 7 heteroatoms. The van der Waals surface area contributed by atoms with E-state index < -0.39 is 10.0 Å². The molecular weight excluding hydrogens is 404 g/mol. The van der Waals surface area contributed by atoms with Gasteiger partial charge < -0.3 is 5.32 Å². The summed E-state index contributed by atoms with van der Waals surface area (Å²) in [5.41, 5.74) is 4.41. The second-order valence-corrected chi connectivity index (χ2v) is 10.1. The van der Waals surface area contributed by atoms with Crippen molar-refractivity contribution < 1.29 is 13.2 Å². The van der Waals surface area contributed by atoms with E-state index in [1.807, 2.05) is 26.0 Å². The van der Waals surface area contributed by atoms with Gasteiger partial charge in [-0.25, -0.2) is 8.42 Å². The molecule has 5 nitrogen and oxygen atoms in total. The summed E-state index contributed by atoms with van der Waals surface area (Å²) in [5.74, 6) is -0.203.